The maximum atomic E-state index is 12.7. The van der Waals surface area contributed by atoms with E-state index in [4.69, 9.17) is 14.2 Å². The Labute approximate surface area is 349 Å². The molecule has 0 saturated carbocycles. The largest absolute Gasteiger partial charge is 0.462 e. The first-order chi connectivity index (χ1) is 27.6. The predicted octanol–water partition coefficient (Wildman–Crippen LogP) is 16.2. The third kappa shape index (κ3) is 44.8. The molecule has 5 nitrogen and oxygen atoms in total. The molecule has 0 aliphatic carbocycles. The second-order valence-electron chi connectivity index (χ2n) is 16.4. The number of allylic oxidation sites excluding steroid dienone is 6. The van der Waals surface area contributed by atoms with Crippen molar-refractivity contribution in [1.29, 1.82) is 0 Å². The molecule has 1 atom stereocenters. The standard InChI is InChI=1S/C51H94O5/c1-4-7-10-13-16-19-21-23-25-27-29-31-34-37-40-43-46-54-47-49(56-51(53)45-42-39-36-32-18-15-12-9-6-3)48-55-50(52)44-41-38-35-33-30-28-26-24-22-20-17-14-11-8-5-2/h7,10,16,19,23,25,49H,4-6,8-9,11-15,17-18,20-22,24,26-48H2,1-3H3/b10-7-,19-16-,25-23-. The topological polar surface area (TPSA) is 61.8 Å². The molecule has 0 aliphatic rings. The Kier molecular flexibility index (Phi) is 45.9. The molecule has 0 bridgehead atoms. The van der Waals surface area contributed by atoms with Crippen LogP contribution in [0.4, 0.5) is 0 Å². The second kappa shape index (κ2) is 47.5. The van der Waals surface area contributed by atoms with E-state index in [1.807, 2.05) is 0 Å². The Balaban J connectivity index is 4.19. The normalized spacial score (nSPS) is 12.4. The van der Waals surface area contributed by atoms with Gasteiger partial charge in [-0.1, -0.05) is 224 Å². The summed E-state index contributed by atoms with van der Waals surface area (Å²) in [5.41, 5.74) is 0. The van der Waals surface area contributed by atoms with Gasteiger partial charge in [0.25, 0.3) is 0 Å². The number of carbonyl (C=O) groups is 2. The minimum absolute atomic E-state index is 0.0854. The molecule has 0 heterocycles. The van der Waals surface area contributed by atoms with E-state index in [1.165, 1.54) is 154 Å². The van der Waals surface area contributed by atoms with Crippen LogP contribution in [0.2, 0.25) is 0 Å². The first kappa shape index (κ1) is 54.1. The molecule has 0 spiro atoms. The summed E-state index contributed by atoms with van der Waals surface area (Å²) in [4.78, 5) is 25.3. The van der Waals surface area contributed by atoms with Crippen LogP contribution in [-0.4, -0.2) is 37.9 Å². The molecular weight excluding hydrogens is 693 g/mol. The Morgan fingerprint density at radius 1 is 0.411 bits per heavy atom. The summed E-state index contributed by atoms with van der Waals surface area (Å²) in [6, 6.07) is 0. The molecule has 56 heavy (non-hydrogen) atoms. The minimum Gasteiger partial charge on any atom is -0.462 e. The molecule has 0 fully saturated rings. The van der Waals surface area contributed by atoms with E-state index in [2.05, 4.69) is 57.2 Å². The third-order valence-corrected chi connectivity index (χ3v) is 10.7. The maximum absolute atomic E-state index is 12.7. The van der Waals surface area contributed by atoms with Gasteiger partial charge in [0.1, 0.15) is 6.61 Å². The van der Waals surface area contributed by atoms with Gasteiger partial charge in [0.15, 0.2) is 6.10 Å². The van der Waals surface area contributed by atoms with Crippen molar-refractivity contribution in [3.8, 4) is 0 Å². The van der Waals surface area contributed by atoms with Gasteiger partial charge in [-0.15, -0.1) is 0 Å². The Morgan fingerprint density at radius 2 is 0.804 bits per heavy atom. The van der Waals surface area contributed by atoms with Gasteiger partial charge >= 0.3 is 11.9 Å². The summed E-state index contributed by atoms with van der Waals surface area (Å²) in [5.74, 6) is -0.395. The molecule has 5 heteroatoms. The quantitative estimate of drug-likeness (QED) is 0.0349. The fourth-order valence-corrected chi connectivity index (χ4v) is 7.05. The summed E-state index contributed by atoms with van der Waals surface area (Å²) < 4.78 is 17.3. The molecule has 0 saturated heterocycles. The van der Waals surface area contributed by atoms with Crippen LogP contribution in [0.1, 0.15) is 252 Å². The van der Waals surface area contributed by atoms with Crippen LogP contribution in [0.25, 0.3) is 0 Å². The summed E-state index contributed by atoms with van der Waals surface area (Å²) >= 11 is 0. The third-order valence-electron chi connectivity index (χ3n) is 10.7. The van der Waals surface area contributed by atoms with Gasteiger partial charge in [-0.3, -0.25) is 9.59 Å². The number of hydrogen-bond acceptors (Lipinski definition) is 5. The molecule has 0 radical (unpaired) electrons. The van der Waals surface area contributed by atoms with Gasteiger partial charge in [0.2, 0.25) is 0 Å². The molecule has 0 aromatic carbocycles. The lowest BCUT2D eigenvalue weighted by Gasteiger charge is -2.18. The highest BCUT2D eigenvalue weighted by molar-refractivity contribution is 5.70. The Hall–Kier alpha value is -1.88. The molecule has 0 aromatic heterocycles. The van der Waals surface area contributed by atoms with E-state index in [1.54, 1.807) is 0 Å². The van der Waals surface area contributed by atoms with Gasteiger partial charge < -0.3 is 14.2 Å². The van der Waals surface area contributed by atoms with E-state index in [-0.39, 0.29) is 25.2 Å². The van der Waals surface area contributed by atoms with Gasteiger partial charge in [-0.25, -0.2) is 0 Å². The summed E-state index contributed by atoms with van der Waals surface area (Å²) in [7, 11) is 0. The second-order valence-corrected chi connectivity index (χ2v) is 16.4. The minimum atomic E-state index is -0.535. The highest BCUT2D eigenvalue weighted by Crippen LogP contribution is 2.15. The van der Waals surface area contributed by atoms with E-state index in [0.717, 1.165) is 64.2 Å². The Morgan fingerprint density at radius 3 is 1.29 bits per heavy atom. The predicted molar refractivity (Wildman–Crippen MR) is 242 cm³/mol. The number of unbranched alkanes of at least 4 members (excludes halogenated alkanes) is 28. The number of hydrogen-bond donors (Lipinski definition) is 0. The van der Waals surface area contributed by atoms with Crippen molar-refractivity contribution in [1.82, 2.24) is 0 Å². The smallest absolute Gasteiger partial charge is 0.306 e. The van der Waals surface area contributed by atoms with Crippen LogP contribution in [0.15, 0.2) is 36.5 Å². The van der Waals surface area contributed by atoms with Crippen molar-refractivity contribution in [3.05, 3.63) is 36.5 Å². The lowest BCUT2D eigenvalue weighted by Crippen LogP contribution is -2.30. The van der Waals surface area contributed by atoms with Crippen molar-refractivity contribution in [2.75, 3.05) is 19.8 Å². The monoisotopic (exact) mass is 787 g/mol. The molecule has 0 rings (SSSR count). The van der Waals surface area contributed by atoms with E-state index in [0.29, 0.717) is 19.4 Å². The molecule has 0 aliphatic heterocycles. The van der Waals surface area contributed by atoms with E-state index in [9.17, 15) is 9.59 Å². The summed E-state index contributed by atoms with van der Waals surface area (Å²) in [5, 5.41) is 0. The average molecular weight is 787 g/mol. The van der Waals surface area contributed by atoms with Crippen LogP contribution < -0.4 is 0 Å². The maximum Gasteiger partial charge on any atom is 0.306 e. The Bertz CT molecular complexity index is 893. The van der Waals surface area contributed by atoms with Gasteiger partial charge in [0, 0.05) is 19.4 Å². The number of rotatable bonds is 45. The molecule has 1 unspecified atom stereocenters. The van der Waals surface area contributed by atoms with Crippen LogP contribution in [0.3, 0.4) is 0 Å². The number of carbonyl (C=O) groups excluding carboxylic acids is 2. The van der Waals surface area contributed by atoms with Gasteiger partial charge in [-0.05, 0) is 51.4 Å². The average Bonchev–Trinajstić information content (AvgIpc) is 3.20. The fourth-order valence-electron chi connectivity index (χ4n) is 7.05. The van der Waals surface area contributed by atoms with Crippen LogP contribution >= 0.6 is 0 Å². The molecule has 0 amide bonds. The number of ether oxygens (including phenoxy) is 3. The van der Waals surface area contributed by atoms with Crippen molar-refractivity contribution in [2.24, 2.45) is 0 Å². The van der Waals surface area contributed by atoms with Crippen LogP contribution in [-0.2, 0) is 23.8 Å². The lowest BCUT2D eigenvalue weighted by atomic mass is 10.0. The molecular formula is C51H94O5. The zero-order valence-electron chi connectivity index (χ0n) is 37.7. The van der Waals surface area contributed by atoms with Gasteiger partial charge in [0.05, 0.1) is 6.61 Å². The van der Waals surface area contributed by atoms with E-state index < -0.39 is 6.10 Å². The van der Waals surface area contributed by atoms with Crippen molar-refractivity contribution < 1.29 is 23.8 Å². The van der Waals surface area contributed by atoms with Crippen molar-refractivity contribution in [3.63, 3.8) is 0 Å². The number of esters is 2. The molecule has 0 N–H and O–H groups in total. The summed E-state index contributed by atoms with van der Waals surface area (Å²) in [6.45, 7) is 7.71. The molecule has 0 aromatic rings. The van der Waals surface area contributed by atoms with E-state index >= 15 is 0 Å². The lowest BCUT2D eigenvalue weighted by molar-refractivity contribution is -0.163. The van der Waals surface area contributed by atoms with Crippen molar-refractivity contribution >= 4 is 11.9 Å². The zero-order chi connectivity index (χ0) is 40.7. The van der Waals surface area contributed by atoms with Crippen LogP contribution in [0.5, 0.6) is 0 Å². The first-order valence-corrected chi connectivity index (χ1v) is 24.5. The highest BCUT2D eigenvalue weighted by atomic mass is 16.6. The molecule has 328 valence electrons. The first-order valence-electron chi connectivity index (χ1n) is 24.5. The summed E-state index contributed by atoms with van der Waals surface area (Å²) in [6.07, 6.45) is 55.8. The van der Waals surface area contributed by atoms with Crippen molar-refractivity contribution in [2.45, 2.75) is 258 Å². The van der Waals surface area contributed by atoms with Crippen LogP contribution in [0, 0.1) is 0 Å². The zero-order valence-corrected chi connectivity index (χ0v) is 37.7. The highest BCUT2D eigenvalue weighted by Gasteiger charge is 2.17. The SMILES string of the molecule is CC/C=C\C/C=C\C/C=C\CCCCCCCCOCC(COC(=O)CCCCCCCCCCCCCCCCC)OC(=O)CCCCCCCCCCC. The van der Waals surface area contributed by atoms with Gasteiger partial charge in [-0.2, -0.15) is 0 Å². The fraction of sp³-hybridized carbons (Fsp3) is 0.843.